The second-order valence-corrected chi connectivity index (χ2v) is 5.90. The fourth-order valence-corrected chi connectivity index (χ4v) is 2.35. The standard InChI is InChI=1S/C20H28O8/c1-7-10-17(28-19(24)8-2)11-9-12-18(26-15(5)22)20(27-16(6)23)13(3)25-14(4)21/h7-9,11,13,17-18,20H,1-2,10,12H2,3-6H3/b11-9+/t13-,17-,18-,20-/m1/s1. The molecule has 0 spiro atoms. The molecule has 8 heteroatoms. The van der Waals surface area contributed by atoms with Crippen LogP contribution in [0.25, 0.3) is 0 Å². The Balaban J connectivity index is 5.41. The first kappa shape index (κ1) is 25.1. The molecular formula is C20H28O8. The molecule has 0 unspecified atom stereocenters. The zero-order chi connectivity index (χ0) is 21.7. The van der Waals surface area contributed by atoms with Crippen molar-refractivity contribution < 1.29 is 38.1 Å². The highest BCUT2D eigenvalue weighted by Gasteiger charge is 2.33. The van der Waals surface area contributed by atoms with Gasteiger partial charge in [-0.2, -0.15) is 0 Å². The van der Waals surface area contributed by atoms with Crippen LogP contribution in [0.4, 0.5) is 0 Å². The molecule has 0 heterocycles. The van der Waals surface area contributed by atoms with Gasteiger partial charge in [0.05, 0.1) is 0 Å². The number of esters is 4. The summed E-state index contributed by atoms with van der Waals surface area (Å²) in [5, 5.41) is 0. The van der Waals surface area contributed by atoms with E-state index < -0.39 is 48.3 Å². The van der Waals surface area contributed by atoms with Gasteiger partial charge in [0.2, 0.25) is 0 Å². The normalized spacial score (nSPS) is 14.9. The highest BCUT2D eigenvalue weighted by Crippen LogP contribution is 2.18. The zero-order valence-corrected chi connectivity index (χ0v) is 16.7. The Hall–Kier alpha value is -2.90. The Bertz CT molecular complexity index is 607. The predicted molar refractivity (Wildman–Crippen MR) is 101 cm³/mol. The lowest BCUT2D eigenvalue weighted by Crippen LogP contribution is -2.43. The fraction of sp³-hybridized carbons (Fsp3) is 0.500. The van der Waals surface area contributed by atoms with E-state index >= 15 is 0 Å². The van der Waals surface area contributed by atoms with Gasteiger partial charge >= 0.3 is 23.9 Å². The summed E-state index contributed by atoms with van der Waals surface area (Å²) in [4.78, 5) is 45.6. The number of hydrogen-bond donors (Lipinski definition) is 0. The van der Waals surface area contributed by atoms with Gasteiger partial charge in [0.15, 0.2) is 6.10 Å². The van der Waals surface area contributed by atoms with Crippen LogP contribution in [0.5, 0.6) is 0 Å². The number of carbonyl (C=O) groups is 4. The average Bonchev–Trinajstić information content (AvgIpc) is 2.57. The molecule has 0 N–H and O–H groups in total. The average molecular weight is 396 g/mol. The first-order chi connectivity index (χ1) is 13.1. The van der Waals surface area contributed by atoms with Crippen LogP contribution in [0.15, 0.2) is 37.5 Å². The molecule has 0 amide bonds. The second kappa shape index (κ2) is 13.3. The Kier molecular flexibility index (Phi) is 11.9. The highest BCUT2D eigenvalue weighted by molar-refractivity contribution is 5.81. The summed E-state index contributed by atoms with van der Waals surface area (Å²) in [5.41, 5.74) is 0. The van der Waals surface area contributed by atoms with Crippen LogP contribution in [-0.4, -0.2) is 48.3 Å². The Morgan fingerprint density at radius 1 is 0.857 bits per heavy atom. The predicted octanol–water partition coefficient (Wildman–Crippen LogP) is 2.42. The maximum atomic E-state index is 11.5. The van der Waals surface area contributed by atoms with Gasteiger partial charge in [0.1, 0.15) is 18.3 Å². The third-order valence-electron chi connectivity index (χ3n) is 3.35. The van der Waals surface area contributed by atoms with Crippen LogP contribution < -0.4 is 0 Å². The summed E-state index contributed by atoms with van der Waals surface area (Å²) in [6.07, 6.45) is 2.99. The van der Waals surface area contributed by atoms with E-state index in [-0.39, 0.29) is 6.42 Å². The minimum absolute atomic E-state index is 0.127. The van der Waals surface area contributed by atoms with Crippen molar-refractivity contribution in [1.82, 2.24) is 0 Å². The van der Waals surface area contributed by atoms with Crippen LogP contribution in [0, 0.1) is 0 Å². The largest absolute Gasteiger partial charge is 0.459 e. The minimum atomic E-state index is -1.01. The lowest BCUT2D eigenvalue weighted by atomic mass is 10.0. The van der Waals surface area contributed by atoms with Crippen molar-refractivity contribution in [3.8, 4) is 0 Å². The van der Waals surface area contributed by atoms with Gasteiger partial charge in [-0.05, 0) is 13.0 Å². The molecule has 156 valence electrons. The van der Waals surface area contributed by atoms with Crippen molar-refractivity contribution in [2.45, 2.75) is 65.0 Å². The molecule has 0 aromatic carbocycles. The maximum Gasteiger partial charge on any atom is 0.330 e. The number of ether oxygens (including phenoxy) is 4. The molecule has 0 aromatic rings. The number of rotatable bonds is 12. The van der Waals surface area contributed by atoms with Gasteiger partial charge < -0.3 is 18.9 Å². The first-order valence-corrected chi connectivity index (χ1v) is 8.72. The molecule has 0 radical (unpaired) electrons. The van der Waals surface area contributed by atoms with Gasteiger partial charge in [-0.25, -0.2) is 4.79 Å². The van der Waals surface area contributed by atoms with Crippen LogP contribution in [0.3, 0.4) is 0 Å². The van der Waals surface area contributed by atoms with E-state index in [9.17, 15) is 19.2 Å². The van der Waals surface area contributed by atoms with Gasteiger partial charge in [0, 0.05) is 39.7 Å². The van der Waals surface area contributed by atoms with Gasteiger partial charge in [-0.3, -0.25) is 14.4 Å². The van der Waals surface area contributed by atoms with Gasteiger partial charge in [-0.15, -0.1) is 6.58 Å². The number of carbonyl (C=O) groups excluding carboxylic acids is 4. The van der Waals surface area contributed by atoms with E-state index in [1.54, 1.807) is 18.2 Å². The van der Waals surface area contributed by atoms with E-state index in [1.165, 1.54) is 27.7 Å². The fourth-order valence-electron chi connectivity index (χ4n) is 2.35. The zero-order valence-electron chi connectivity index (χ0n) is 16.7. The molecule has 0 saturated heterocycles. The summed E-state index contributed by atoms with van der Waals surface area (Å²) in [5.74, 6) is -2.36. The van der Waals surface area contributed by atoms with Crippen LogP contribution in [0.1, 0.15) is 40.5 Å². The van der Waals surface area contributed by atoms with Crippen molar-refractivity contribution in [3.63, 3.8) is 0 Å². The molecule has 0 bridgehead atoms. The number of hydrogen-bond acceptors (Lipinski definition) is 8. The van der Waals surface area contributed by atoms with E-state index in [1.807, 2.05) is 0 Å². The molecule has 0 saturated carbocycles. The quantitative estimate of drug-likeness (QED) is 0.214. The van der Waals surface area contributed by atoms with Crippen molar-refractivity contribution in [2.24, 2.45) is 0 Å². The maximum absolute atomic E-state index is 11.5. The lowest BCUT2D eigenvalue weighted by molar-refractivity contribution is -0.181. The smallest absolute Gasteiger partial charge is 0.330 e. The molecule has 28 heavy (non-hydrogen) atoms. The van der Waals surface area contributed by atoms with Gasteiger partial charge in [-0.1, -0.05) is 18.7 Å². The minimum Gasteiger partial charge on any atom is -0.459 e. The third kappa shape index (κ3) is 10.9. The van der Waals surface area contributed by atoms with Crippen molar-refractivity contribution >= 4 is 23.9 Å². The van der Waals surface area contributed by atoms with Gasteiger partial charge in [0.25, 0.3) is 0 Å². The second-order valence-electron chi connectivity index (χ2n) is 5.90. The molecule has 8 nitrogen and oxygen atoms in total. The Morgan fingerprint density at radius 2 is 1.43 bits per heavy atom. The van der Waals surface area contributed by atoms with Crippen LogP contribution in [0.2, 0.25) is 0 Å². The molecule has 0 fully saturated rings. The highest BCUT2D eigenvalue weighted by atomic mass is 16.6. The summed E-state index contributed by atoms with van der Waals surface area (Å²) in [6.45, 7) is 12.1. The van der Waals surface area contributed by atoms with Crippen molar-refractivity contribution in [3.05, 3.63) is 37.5 Å². The molecule has 0 rings (SSSR count). The van der Waals surface area contributed by atoms with Crippen LogP contribution in [-0.2, 0) is 38.1 Å². The Morgan fingerprint density at radius 3 is 1.89 bits per heavy atom. The lowest BCUT2D eigenvalue weighted by Gasteiger charge is -2.29. The van der Waals surface area contributed by atoms with E-state index in [0.717, 1.165) is 6.08 Å². The molecule has 0 aliphatic heterocycles. The Labute approximate surface area is 165 Å². The summed E-state index contributed by atoms with van der Waals surface area (Å²) in [6, 6.07) is 0. The van der Waals surface area contributed by atoms with Crippen LogP contribution >= 0.6 is 0 Å². The first-order valence-electron chi connectivity index (χ1n) is 8.72. The third-order valence-corrected chi connectivity index (χ3v) is 3.35. The van der Waals surface area contributed by atoms with Crippen molar-refractivity contribution in [2.75, 3.05) is 0 Å². The summed E-state index contributed by atoms with van der Waals surface area (Å²) < 4.78 is 20.7. The molecular weight excluding hydrogens is 368 g/mol. The van der Waals surface area contributed by atoms with E-state index in [4.69, 9.17) is 18.9 Å². The van der Waals surface area contributed by atoms with E-state index in [0.29, 0.717) is 6.42 Å². The summed E-state index contributed by atoms with van der Waals surface area (Å²) >= 11 is 0. The molecule has 4 atom stereocenters. The molecule has 0 aliphatic rings. The monoisotopic (exact) mass is 396 g/mol. The van der Waals surface area contributed by atoms with E-state index in [2.05, 4.69) is 13.2 Å². The topological polar surface area (TPSA) is 105 Å². The molecule has 0 aliphatic carbocycles. The molecule has 0 aromatic heterocycles. The SMILES string of the molecule is C=CC[C@H](/C=C/C[C@@H](OC(C)=O)[C@H](OC(C)=O)[C@@H](C)OC(C)=O)OC(=O)C=C. The summed E-state index contributed by atoms with van der Waals surface area (Å²) in [7, 11) is 0. The van der Waals surface area contributed by atoms with Crippen molar-refractivity contribution in [1.29, 1.82) is 0 Å².